The number of hydrazone groups is 3. The topological polar surface area (TPSA) is 440 Å². The number of benzene rings is 9. The van der Waals surface area contributed by atoms with E-state index in [9.17, 15) is 117 Å². The SMILES string of the molecule is CC(=O)N1N=C(c2ccc(F)cc2F)OC12c1cc(F)ccc1OCC2CCN.CC(=O)N1N=C(c2ccc(F)cc2F)OC12c1cc(F)ccc1OCC2CC[N+](=O)[O-].N/N=C1\c2cc(F)ccc2OCC1CC[N+](=O)[O-].O=C(CN=C1c2cc(F)ccc2OCC1CC[N+](=O)[O-])c1ccc(F)cc1F.O=C1CCOc2ccc(F)cc21.O=C1c2cc(F)ccc2OCC1CC[N+](=O)[O-]. The van der Waals surface area contributed by atoms with Crippen LogP contribution in [-0.4, -0.2) is 161 Å². The second-order valence-electron chi connectivity index (χ2n) is 30.8. The number of rotatable bonds is 19. The third-order valence-corrected chi connectivity index (χ3v) is 21.9. The highest BCUT2D eigenvalue weighted by Gasteiger charge is 2.60. The molecule has 0 saturated heterocycles. The maximum Gasteiger partial charge on any atom is 0.244 e. The second-order valence-corrected chi connectivity index (χ2v) is 30.8. The van der Waals surface area contributed by atoms with Gasteiger partial charge in [-0.1, -0.05) is 0 Å². The molecule has 8 aliphatic rings. The van der Waals surface area contributed by atoms with Gasteiger partial charge in [-0.05, 0) is 159 Å². The fraction of sp³-hybridized carbons (Fsp3) is 0.300. The Morgan fingerprint density at radius 1 is 0.415 bits per heavy atom. The molecule has 7 atom stereocenters. The number of ketones is 3. The van der Waals surface area contributed by atoms with Gasteiger partial charge in [0.1, 0.15) is 111 Å². The molecule has 9 aromatic rings. The standard InChI is InChI=1S/C20H16F3N3O5.C20H18F3N3O3.C19H15F3N2O4.C11H12FN3O3.C11H10FNO4.C9H7FO2/c1-11(27)26-20(31-19(24-26)15-4-2-14(22)9-17(15)23)12(6-7-25(28)29)10-30-18-5-3-13(21)8-16(18)20;1-11(27)26-20(29-19(25-26)15-4-2-14(22)9-17(15)23)12(6-7-24)10-28-18-5-3-13(21)8-16(18)20;20-12-2-4-18-15(7-12)19(11(10-28-18)5-6-24(26)27)23-9-17(25)14-3-1-13(21)8-16(14)22;12-8-1-2-10-9(5-8)11(14-13)7(6-18-10)3-4-15(16)17;12-8-1-2-10-9(5-8)11(14)7(6-17-10)3-4-13(15)16;10-6-1-2-9-7(5-6)8(11)3-4-12-9/h2-5,8-9,12H,6-7,10H2,1H3;2-5,8-9,12H,6-7,10,24H2,1H3;1-4,7-8,11H,5-6,9-10H2;1-2,5,7H,3-4,6,13H2;1-2,5,7H,3-4,6H2;1-2,5H,3-4H2/b;;;14-11-;;. The summed E-state index contributed by atoms with van der Waals surface area (Å²) < 4.78 is 208. The molecule has 0 saturated carbocycles. The summed E-state index contributed by atoms with van der Waals surface area (Å²) in [5, 5.41) is 56.2. The van der Waals surface area contributed by atoms with E-state index in [4.69, 9.17) is 49.5 Å². The van der Waals surface area contributed by atoms with Crippen LogP contribution in [0.5, 0.6) is 34.5 Å². The van der Waals surface area contributed by atoms with Crippen LogP contribution >= 0.6 is 0 Å². The van der Waals surface area contributed by atoms with Gasteiger partial charge in [0.25, 0.3) is 0 Å². The van der Waals surface area contributed by atoms with E-state index in [1.54, 1.807) is 0 Å². The molecule has 0 fully saturated rings. The average molecular weight is 1890 g/mol. The Morgan fingerprint density at radius 3 is 1.19 bits per heavy atom. The summed E-state index contributed by atoms with van der Waals surface area (Å²) in [7, 11) is 0. The molecule has 8 aliphatic heterocycles. The van der Waals surface area contributed by atoms with Gasteiger partial charge in [0.2, 0.25) is 61.2 Å². The van der Waals surface area contributed by atoms with E-state index < -0.39 is 155 Å². The number of nitrogens with zero attached hydrogens (tertiary/aromatic N) is 10. The Bertz CT molecular complexity index is 6240. The summed E-state index contributed by atoms with van der Waals surface area (Å²) in [5.74, 6) is -6.28. The number of hydrogen-bond donors (Lipinski definition) is 2. The highest BCUT2D eigenvalue weighted by Crippen LogP contribution is 2.53. The minimum Gasteiger partial charge on any atom is -0.493 e. The molecule has 2 spiro atoms. The molecule has 2 amide bonds. The number of hydrogen-bond acceptors (Lipinski definition) is 27. The average Bonchev–Trinajstić information content (AvgIpc) is 1.58. The smallest absolute Gasteiger partial charge is 0.244 e. The molecular weight excluding hydrogens is 1810 g/mol. The van der Waals surface area contributed by atoms with Gasteiger partial charge in [-0.3, -0.25) is 69.4 Å². The first-order valence-corrected chi connectivity index (χ1v) is 41.1. The molecule has 9 aromatic carbocycles. The lowest BCUT2D eigenvalue weighted by atomic mass is 9.83. The fourth-order valence-corrected chi connectivity index (χ4v) is 15.6. The Labute approximate surface area is 756 Å². The van der Waals surface area contributed by atoms with E-state index in [-0.39, 0.29) is 153 Å². The Morgan fingerprint density at radius 2 is 0.763 bits per heavy atom. The van der Waals surface area contributed by atoms with Crippen LogP contribution in [0.4, 0.5) is 52.7 Å². The number of nitrogens with two attached hydrogens (primary N) is 2. The summed E-state index contributed by atoms with van der Waals surface area (Å²) in [4.78, 5) is 105. The van der Waals surface area contributed by atoms with Gasteiger partial charge in [0, 0.05) is 107 Å². The first kappa shape index (κ1) is 98.6. The van der Waals surface area contributed by atoms with Crippen LogP contribution in [0.3, 0.4) is 0 Å². The van der Waals surface area contributed by atoms with Crippen molar-refractivity contribution in [2.75, 3.05) is 78.9 Å². The maximum atomic E-state index is 14.4. The van der Waals surface area contributed by atoms with Crippen molar-refractivity contribution < 1.29 is 134 Å². The highest BCUT2D eigenvalue weighted by atomic mass is 19.2. The van der Waals surface area contributed by atoms with Crippen molar-refractivity contribution in [3.63, 3.8) is 0 Å². The number of fused-ring (bicyclic) bond motifs is 8. The van der Waals surface area contributed by atoms with E-state index in [0.717, 1.165) is 58.5 Å². The van der Waals surface area contributed by atoms with E-state index in [2.05, 4.69) is 20.3 Å². The quantitative estimate of drug-likeness (QED) is 0.0250. The Kier molecular flexibility index (Phi) is 31.6. The molecule has 0 radical (unpaired) electrons. The van der Waals surface area contributed by atoms with Crippen molar-refractivity contribution in [3.8, 4) is 34.5 Å². The van der Waals surface area contributed by atoms with E-state index in [1.165, 1.54) is 111 Å². The molecule has 135 heavy (non-hydrogen) atoms. The Balaban J connectivity index is 0.000000149. The highest BCUT2D eigenvalue weighted by molar-refractivity contribution is 6.08. The van der Waals surface area contributed by atoms with Crippen LogP contribution in [0, 0.1) is 140 Å². The molecule has 33 nitrogen and oxygen atoms in total. The zero-order valence-corrected chi connectivity index (χ0v) is 70.9. The predicted molar refractivity (Wildman–Crippen MR) is 451 cm³/mol. The number of halogens is 12. The summed E-state index contributed by atoms with van der Waals surface area (Å²) in [5.41, 5.74) is 4.11. The normalized spacial score (nSPS) is 19.8. The number of aliphatic imine (C=N–C) groups is 1. The summed E-state index contributed by atoms with van der Waals surface area (Å²) >= 11 is 0. The van der Waals surface area contributed by atoms with Crippen molar-refractivity contribution >= 4 is 52.4 Å². The van der Waals surface area contributed by atoms with Crippen LogP contribution < -0.4 is 40.0 Å². The number of ether oxygens (including phenoxy) is 8. The molecule has 8 heterocycles. The zero-order chi connectivity index (χ0) is 97.4. The number of carbonyl (C=O) groups excluding carboxylic acids is 5. The zero-order valence-electron chi connectivity index (χ0n) is 70.9. The largest absolute Gasteiger partial charge is 0.493 e. The van der Waals surface area contributed by atoms with Gasteiger partial charge in [-0.25, -0.2) is 52.7 Å². The Hall–Kier alpha value is -15.5. The minimum absolute atomic E-state index is 0.0456. The third kappa shape index (κ3) is 23.0. The second kappa shape index (κ2) is 43.3. The van der Waals surface area contributed by atoms with E-state index >= 15 is 0 Å². The van der Waals surface area contributed by atoms with Crippen LogP contribution in [0.15, 0.2) is 184 Å². The molecular formula is C90H78F12N12O21. The third-order valence-electron chi connectivity index (χ3n) is 21.9. The van der Waals surface area contributed by atoms with E-state index in [0.29, 0.717) is 94.5 Å². The van der Waals surface area contributed by atoms with Crippen LogP contribution in [0.2, 0.25) is 0 Å². The molecule has 45 heteroatoms. The molecule has 0 aromatic heterocycles. The first-order chi connectivity index (χ1) is 64.4. The van der Waals surface area contributed by atoms with Crippen molar-refractivity contribution in [2.24, 2.45) is 61.5 Å². The van der Waals surface area contributed by atoms with Crippen molar-refractivity contribution in [3.05, 3.63) is 324 Å². The lowest BCUT2D eigenvalue weighted by Gasteiger charge is -2.44. The van der Waals surface area contributed by atoms with Crippen molar-refractivity contribution in [1.29, 1.82) is 0 Å². The van der Waals surface area contributed by atoms with Gasteiger partial charge < -0.3 is 49.5 Å². The lowest BCUT2D eigenvalue weighted by Crippen LogP contribution is -2.54. The number of nitro groups is 4. The molecule has 7 unspecified atom stereocenters. The monoisotopic (exact) mass is 1890 g/mol. The first-order valence-electron chi connectivity index (χ1n) is 41.1. The number of amides is 2. The van der Waals surface area contributed by atoms with E-state index in [1.807, 2.05) is 0 Å². The van der Waals surface area contributed by atoms with Crippen LogP contribution in [0.1, 0.15) is 117 Å². The predicted octanol–water partition coefficient (Wildman–Crippen LogP) is 14.1. The van der Waals surface area contributed by atoms with Crippen molar-refractivity contribution in [2.45, 2.75) is 63.8 Å². The molecule has 0 bridgehead atoms. The van der Waals surface area contributed by atoms with Gasteiger partial charge >= 0.3 is 0 Å². The van der Waals surface area contributed by atoms with Crippen LogP contribution in [-0.2, 0) is 30.5 Å². The number of carbonyl (C=O) groups is 5. The fourth-order valence-electron chi connectivity index (χ4n) is 15.6. The minimum atomic E-state index is -1.80. The summed E-state index contributed by atoms with van der Waals surface area (Å²) in [6.45, 7) is 1.83. The van der Waals surface area contributed by atoms with Gasteiger partial charge in [0.15, 0.2) is 17.3 Å². The summed E-state index contributed by atoms with van der Waals surface area (Å²) in [6.07, 6.45) is 1.08. The van der Waals surface area contributed by atoms with Gasteiger partial charge in [0.05, 0.1) is 108 Å². The molecule has 0 aliphatic carbocycles. The summed E-state index contributed by atoms with van der Waals surface area (Å²) in [6, 6.07) is 31.2. The maximum absolute atomic E-state index is 14.4. The van der Waals surface area contributed by atoms with Gasteiger partial charge in [-0.15, -0.1) is 10.2 Å². The van der Waals surface area contributed by atoms with Crippen molar-refractivity contribution in [1.82, 2.24) is 10.0 Å². The molecule has 4 N–H and O–H groups in total. The lowest BCUT2D eigenvalue weighted by molar-refractivity contribution is -0.483. The molecule has 17 rings (SSSR count). The van der Waals surface area contributed by atoms with Gasteiger partial charge in [-0.2, -0.15) is 15.1 Å². The number of Topliss-reactive ketones (excluding diaryl/α,β-unsaturated/α-hetero) is 3. The van der Waals surface area contributed by atoms with Crippen LogP contribution in [0.25, 0.3) is 0 Å². The molecule has 708 valence electrons.